The molecule has 546 valence electrons. The second kappa shape index (κ2) is 60.8. The molecule has 0 aliphatic carbocycles. The first-order valence-corrected chi connectivity index (χ1v) is 52.7. The van der Waals surface area contributed by atoms with Crippen LogP contribution in [0, 0.1) is 13.8 Å². The second-order valence-corrected chi connectivity index (χ2v) is 33.3. The van der Waals surface area contributed by atoms with Crippen LogP contribution in [0.1, 0.15) is 38.9 Å². The van der Waals surface area contributed by atoms with Crippen molar-refractivity contribution in [2.75, 3.05) is 7.11 Å². The number of ether oxygens (including phenoxy) is 2. The molecular weight excluding hydrogens is 1740 g/mol. The van der Waals surface area contributed by atoms with Gasteiger partial charge in [0.15, 0.2) is 5.75 Å². The number of methoxy groups -OCH3 is 1. The Balaban J connectivity index is 0.000000332. The van der Waals surface area contributed by atoms with Gasteiger partial charge >= 0.3 is 178 Å². The molecule has 12 rings (SSSR count). The van der Waals surface area contributed by atoms with Crippen LogP contribution in [0.3, 0.4) is 0 Å². The van der Waals surface area contributed by atoms with Crippen molar-refractivity contribution in [1.29, 1.82) is 0 Å². The third-order valence-corrected chi connectivity index (χ3v) is 13.5. The van der Waals surface area contributed by atoms with Crippen LogP contribution < -0.4 is 9.47 Å². The normalized spacial score (nSPS) is 9.92. The predicted octanol–water partition coefficient (Wildman–Crippen LogP) is 26.7. The van der Waals surface area contributed by atoms with Gasteiger partial charge in [0.05, 0.1) is 24.2 Å². The van der Waals surface area contributed by atoms with Crippen LogP contribution >= 0.6 is 93.0 Å². The van der Waals surface area contributed by atoms with Gasteiger partial charge in [-0.25, -0.2) is 0 Å². The van der Waals surface area contributed by atoms with E-state index in [1.54, 1.807) is 111 Å². The van der Waals surface area contributed by atoms with E-state index in [0.29, 0.717) is 33.9 Å². The molecule has 0 atom stereocenters. The van der Waals surface area contributed by atoms with Crippen LogP contribution in [-0.2, 0) is 85.2 Å². The number of aromatic hydroxyl groups is 5. The Labute approximate surface area is 709 Å². The number of hydrogen-bond donors (Lipinski definition) is 5. The number of nitrogens with zero attached hydrogens (tertiary/aromatic N) is 5. The fraction of sp³-hybridized carbons (Fsp3) is 0.0375. The topological polar surface area (TPSA) is 181 Å². The van der Waals surface area contributed by atoms with Crippen LogP contribution in [0.2, 0.25) is 0 Å². The predicted molar refractivity (Wildman–Crippen MR) is 436 cm³/mol. The molecule has 0 radical (unpaired) electrons. The molecule has 27 heteroatoms. The van der Waals surface area contributed by atoms with Crippen molar-refractivity contribution in [2.24, 2.45) is 25.0 Å². The number of hydrogen-bond acceptors (Lipinski definition) is 12. The van der Waals surface area contributed by atoms with Gasteiger partial charge in [0, 0.05) is 64.5 Å². The Morgan fingerprint density at radius 3 is 0.822 bits per heavy atom. The van der Waals surface area contributed by atoms with Gasteiger partial charge in [-0.1, -0.05) is 188 Å². The molecule has 0 aliphatic rings. The summed E-state index contributed by atoms with van der Waals surface area (Å²) in [6, 6.07) is 94.1. The van der Waals surface area contributed by atoms with Crippen molar-refractivity contribution in [2.45, 2.75) is 13.8 Å². The zero-order valence-corrected chi connectivity index (χ0v) is 72.7. The first-order valence-electron chi connectivity index (χ1n) is 31.2. The number of aryl methyl sites for hydroxylation is 2. The van der Waals surface area contributed by atoms with Crippen LogP contribution in [-0.4, -0.2) is 63.7 Å². The molecule has 12 nitrogen and oxygen atoms in total. The van der Waals surface area contributed by atoms with Crippen molar-refractivity contribution in [3.05, 3.63) is 342 Å². The molecule has 0 amide bonds. The van der Waals surface area contributed by atoms with Crippen molar-refractivity contribution >= 4 is 153 Å². The molecule has 0 bridgehead atoms. The van der Waals surface area contributed by atoms with Crippen LogP contribution in [0.5, 0.6) is 46.0 Å². The SMILES string of the molecule is COc1ccccc1N=Cc1ccccc1O.Cc1ccccc1N=Cc1ccccc1O.Cc1ccccc1N=Cc1ccccc1O.Oc1ccccc1C=Nc1ccccc1-c1ccccc1.Oc1ccccc1C=Nc1ccccc1Oc1ccccc1.[Cl][Ti][Cl].[Cl][Ti][Cl].[Cl][Ti][Cl].[Cl][Ti][Cl].[Cl][Ti][Cl]. The zero-order valence-electron chi connectivity index (χ0n) is 57.3. The Morgan fingerprint density at radius 1 is 0.262 bits per heavy atom. The fourth-order valence-corrected chi connectivity index (χ4v) is 8.55. The molecule has 12 aromatic rings. The van der Waals surface area contributed by atoms with Crippen LogP contribution in [0.25, 0.3) is 11.1 Å². The number of para-hydroxylation sites is 13. The average molecular weight is 1810 g/mol. The Morgan fingerprint density at radius 2 is 0.495 bits per heavy atom. The van der Waals surface area contributed by atoms with E-state index < -0.39 is 85.2 Å². The van der Waals surface area contributed by atoms with Gasteiger partial charge in [-0.05, 0) is 146 Å². The van der Waals surface area contributed by atoms with Gasteiger partial charge in [-0.15, -0.1) is 0 Å². The van der Waals surface area contributed by atoms with Gasteiger partial charge in [-0.2, -0.15) is 0 Å². The molecule has 0 heterocycles. The van der Waals surface area contributed by atoms with Gasteiger partial charge in [0.1, 0.15) is 51.6 Å². The summed E-state index contributed by atoms with van der Waals surface area (Å²) in [7, 11) is 50.5. The van der Waals surface area contributed by atoms with E-state index in [0.717, 1.165) is 61.9 Å². The summed E-state index contributed by atoms with van der Waals surface area (Å²) < 4.78 is 11.0. The van der Waals surface area contributed by atoms with Crippen molar-refractivity contribution in [3.8, 4) is 57.1 Å². The van der Waals surface area contributed by atoms with E-state index in [9.17, 15) is 25.5 Å². The Hall–Kier alpha value is -5.94. The van der Waals surface area contributed by atoms with E-state index in [1.807, 2.05) is 232 Å². The quantitative estimate of drug-likeness (QED) is 0.0530. The van der Waals surface area contributed by atoms with Crippen molar-refractivity contribution in [1.82, 2.24) is 0 Å². The molecular formula is C80H69Cl10N5O7Ti5. The molecule has 107 heavy (non-hydrogen) atoms. The number of benzene rings is 12. The number of phenols is 5. The van der Waals surface area contributed by atoms with E-state index in [1.165, 1.54) is 0 Å². The summed E-state index contributed by atoms with van der Waals surface area (Å²) in [5.41, 5.74) is 12.1. The maximum atomic E-state index is 9.78. The summed E-state index contributed by atoms with van der Waals surface area (Å²) >= 11 is -2.78. The molecule has 5 N–H and O–H groups in total. The average Bonchev–Trinajstić information content (AvgIpc) is 0.864. The fourth-order valence-electron chi connectivity index (χ4n) is 8.55. The van der Waals surface area contributed by atoms with Crippen LogP contribution in [0.15, 0.2) is 328 Å². The zero-order chi connectivity index (χ0) is 78.1. The van der Waals surface area contributed by atoms with Gasteiger partial charge in [0.25, 0.3) is 0 Å². The molecule has 12 aromatic carbocycles. The minimum atomic E-state index is -0.556. The van der Waals surface area contributed by atoms with Crippen molar-refractivity contribution < 1.29 is 120 Å². The summed E-state index contributed by atoms with van der Waals surface area (Å²) in [4.78, 5) is 22.0. The van der Waals surface area contributed by atoms with E-state index in [-0.39, 0.29) is 28.7 Å². The third kappa shape index (κ3) is 40.0. The number of rotatable bonds is 14. The first-order chi connectivity index (χ1) is 52.1. The summed E-state index contributed by atoms with van der Waals surface area (Å²) in [5.74, 6) is 3.28. The Kier molecular flexibility index (Phi) is 54.1. The second-order valence-electron chi connectivity index (χ2n) is 20.5. The summed E-state index contributed by atoms with van der Waals surface area (Å²) in [6.45, 7) is 4.02. The molecule has 0 saturated heterocycles. The number of aliphatic imine (C=N–C) groups is 5. The maximum absolute atomic E-state index is 9.78. The van der Waals surface area contributed by atoms with Gasteiger partial charge < -0.3 is 35.0 Å². The Bertz CT molecular complexity index is 4380. The monoisotopic (exact) mass is 1800 g/mol. The molecule has 0 aromatic heterocycles. The van der Waals surface area contributed by atoms with E-state index >= 15 is 0 Å². The van der Waals surface area contributed by atoms with E-state index in [2.05, 4.69) is 37.1 Å². The first kappa shape index (κ1) is 95.3. The molecule has 0 saturated carbocycles. The third-order valence-electron chi connectivity index (χ3n) is 13.5. The molecule has 0 unspecified atom stereocenters. The van der Waals surface area contributed by atoms with Crippen molar-refractivity contribution in [3.63, 3.8) is 0 Å². The molecule has 0 aliphatic heterocycles. The number of halogens is 10. The van der Waals surface area contributed by atoms with Gasteiger partial charge in [-0.3, -0.25) is 25.0 Å². The van der Waals surface area contributed by atoms with E-state index in [4.69, 9.17) is 103 Å². The van der Waals surface area contributed by atoms with Crippen LogP contribution in [0.4, 0.5) is 28.4 Å². The molecule has 0 fully saturated rings. The van der Waals surface area contributed by atoms with Gasteiger partial charge in [0.2, 0.25) is 0 Å². The number of phenolic OH excluding ortho intramolecular Hbond substituents is 5. The minimum absolute atomic E-state index is 0.202. The summed E-state index contributed by atoms with van der Waals surface area (Å²) in [6.07, 6.45) is 8.29. The standard InChI is InChI=1S/C19H15NO2.C19H15NO.C14H13NO2.2C14H13NO.10ClH.5Ti/c21-18-12-6-4-8-15(18)14-20-17-11-5-7-13-19(17)22-16-9-2-1-3-10-16;21-19-13-7-4-10-16(19)14-20-18-12-6-5-11-17(18)15-8-2-1-3-9-15;1-17-14-9-5-3-7-12(14)15-10-11-6-2-4-8-13(11)16;2*1-11-6-2-4-8-13(11)15-10-12-7-3-5-9-14(12)16;;;;;;;;;;;;;;;/h1-14,21H;1-14,21H;2-10,16H,1H3;2*2-10,16H,1H3;10*1H;;;;;/q;;;;;;;;;;;;;;;5*+2/p-10. The summed E-state index contributed by atoms with van der Waals surface area (Å²) in [5, 5.41) is 48.3. The molecule has 0 spiro atoms.